The predicted molar refractivity (Wildman–Crippen MR) is 59.4 cm³/mol. The van der Waals surface area contributed by atoms with Gasteiger partial charge in [0.1, 0.15) is 0 Å². The molecule has 0 bridgehead atoms. The summed E-state index contributed by atoms with van der Waals surface area (Å²) in [5.41, 5.74) is 0.822. The van der Waals surface area contributed by atoms with Gasteiger partial charge in [0.15, 0.2) is 11.5 Å². The zero-order valence-electron chi connectivity index (χ0n) is 9.65. The number of rotatable bonds is 4. The highest BCUT2D eigenvalue weighted by atomic mass is 16.5. The van der Waals surface area contributed by atoms with Crippen LogP contribution in [-0.2, 0) is 0 Å². The zero-order valence-corrected chi connectivity index (χ0v) is 9.65. The molecule has 1 atom stereocenters. The van der Waals surface area contributed by atoms with Gasteiger partial charge in [-0.15, -0.1) is 0 Å². The molecular weight excluding hydrogens is 192 g/mol. The first-order valence-electron chi connectivity index (χ1n) is 5.07. The SMILES string of the molecule is COc1cc(C(C)O)ccc1OC(C)C. The molecule has 0 heterocycles. The lowest BCUT2D eigenvalue weighted by Crippen LogP contribution is -2.07. The second-order valence-corrected chi connectivity index (χ2v) is 3.75. The van der Waals surface area contributed by atoms with Gasteiger partial charge in [-0.25, -0.2) is 0 Å². The van der Waals surface area contributed by atoms with Crippen LogP contribution in [0.25, 0.3) is 0 Å². The second-order valence-electron chi connectivity index (χ2n) is 3.75. The van der Waals surface area contributed by atoms with E-state index in [2.05, 4.69) is 0 Å². The van der Waals surface area contributed by atoms with Crippen molar-refractivity contribution in [2.45, 2.75) is 33.0 Å². The van der Waals surface area contributed by atoms with Gasteiger partial charge in [0.2, 0.25) is 0 Å². The number of aliphatic hydroxyl groups is 1. The van der Waals surface area contributed by atoms with Gasteiger partial charge in [-0.2, -0.15) is 0 Å². The Labute approximate surface area is 90.6 Å². The molecule has 1 unspecified atom stereocenters. The number of ether oxygens (including phenoxy) is 2. The number of benzene rings is 1. The summed E-state index contributed by atoms with van der Waals surface area (Å²) in [4.78, 5) is 0. The zero-order chi connectivity index (χ0) is 11.4. The van der Waals surface area contributed by atoms with Gasteiger partial charge in [-0.3, -0.25) is 0 Å². The summed E-state index contributed by atoms with van der Waals surface area (Å²) in [6.07, 6.45) is -0.386. The molecule has 0 radical (unpaired) electrons. The molecule has 0 aliphatic carbocycles. The van der Waals surface area contributed by atoms with Crippen molar-refractivity contribution in [3.63, 3.8) is 0 Å². The van der Waals surface area contributed by atoms with Gasteiger partial charge in [-0.05, 0) is 38.5 Å². The third kappa shape index (κ3) is 3.13. The standard InChI is InChI=1S/C12H18O3/c1-8(2)15-11-6-5-10(9(3)13)7-12(11)14-4/h5-9,13H,1-4H3. The van der Waals surface area contributed by atoms with Gasteiger partial charge < -0.3 is 14.6 Å². The van der Waals surface area contributed by atoms with E-state index in [0.717, 1.165) is 5.56 Å². The fourth-order valence-corrected chi connectivity index (χ4v) is 1.30. The average Bonchev–Trinajstić information content (AvgIpc) is 2.17. The van der Waals surface area contributed by atoms with Crippen LogP contribution < -0.4 is 9.47 Å². The number of aliphatic hydroxyl groups excluding tert-OH is 1. The summed E-state index contributed by atoms with van der Waals surface area (Å²) < 4.78 is 10.8. The molecule has 0 spiro atoms. The number of hydrogen-bond acceptors (Lipinski definition) is 3. The van der Waals surface area contributed by atoms with Crippen LogP contribution >= 0.6 is 0 Å². The van der Waals surface area contributed by atoms with Crippen LogP contribution in [0.5, 0.6) is 11.5 Å². The third-order valence-corrected chi connectivity index (χ3v) is 2.03. The van der Waals surface area contributed by atoms with Gasteiger partial charge in [-0.1, -0.05) is 6.07 Å². The monoisotopic (exact) mass is 210 g/mol. The fourth-order valence-electron chi connectivity index (χ4n) is 1.30. The van der Waals surface area contributed by atoms with Gasteiger partial charge in [0.25, 0.3) is 0 Å². The molecule has 1 rings (SSSR count). The molecule has 1 aromatic carbocycles. The minimum absolute atomic E-state index is 0.108. The molecule has 0 aromatic heterocycles. The van der Waals surface area contributed by atoms with Crippen molar-refractivity contribution in [3.05, 3.63) is 23.8 Å². The molecule has 15 heavy (non-hydrogen) atoms. The molecule has 0 aliphatic heterocycles. The largest absolute Gasteiger partial charge is 0.493 e. The van der Waals surface area contributed by atoms with Crippen LogP contribution in [0.2, 0.25) is 0 Å². The minimum atomic E-state index is -0.494. The maximum atomic E-state index is 9.42. The summed E-state index contributed by atoms with van der Waals surface area (Å²) in [7, 11) is 1.59. The Bertz CT molecular complexity index is 319. The van der Waals surface area contributed by atoms with E-state index in [4.69, 9.17) is 9.47 Å². The highest BCUT2D eigenvalue weighted by molar-refractivity contribution is 5.43. The van der Waals surface area contributed by atoms with Crippen molar-refractivity contribution in [2.24, 2.45) is 0 Å². The first-order valence-corrected chi connectivity index (χ1v) is 5.07. The van der Waals surface area contributed by atoms with E-state index in [-0.39, 0.29) is 6.10 Å². The van der Waals surface area contributed by atoms with Crippen LogP contribution in [0, 0.1) is 0 Å². The summed E-state index contributed by atoms with van der Waals surface area (Å²) in [5.74, 6) is 1.36. The maximum Gasteiger partial charge on any atom is 0.161 e. The highest BCUT2D eigenvalue weighted by Crippen LogP contribution is 2.30. The quantitative estimate of drug-likeness (QED) is 0.830. The lowest BCUT2D eigenvalue weighted by atomic mass is 10.1. The van der Waals surface area contributed by atoms with E-state index in [1.807, 2.05) is 26.0 Å². The molecule has 1 aromatic rings. The number of hydrogen-bond donors (Lipinski definition) is 1. The lowest BCUT2D eigenvalue weighted by molar-refractivity contribution is 0.197. The smallest absolute Gasteiger partial charge is 0.161 e. The highest BCUT2D eigenvalue weighted by Gasteiger charge is 2.09. The van der Waals surface area contributed by atoms with Gasteiger partial charge in [0.05, 0.1) is 19.3 Å². The van der Waals surface area contributed by atoms with Crippen LogP contribution in [-0.4, -0.2) is 18.3 Å². The predicted octanol–water partition coefficient (Wildman–Crippen LogP) is 2.54. The van der Waals surface area contributed by atoms with Crippen LogP contribution in [0.1, 0.15) is 32.4 Å². The summed E-state index contributed by atoms with van der Waals surface area (Å²) in [5, 5.41) is 9.42. The number of methoxy groups -OCH3 is 1. The van der Waals surface area contributed by atoms with E-state index < -0.39 is 6.10 Å². The molecule has 84 valence electrons. The Morgan fingerprint density at radius 2 is 1.80 bits per heavy atom. The molecule has 0 aliphatic rings. The Morgan fingerprint density at radius 1 is 1.13 bits per heavy atom. The van der Waals surface area contributed by atoms with Gasteiger partial charge in [0, 0.05) is 0 Å². The van der Waals surface area contributed by atoms with Crippen LogP contribution in [0.4, 0.5) is 0 Å². The molecule has 3 heteroatoms. The fraction of sp³-hybridized carbons (Fsp3) is 0.500. The summed E-state index contributed by atoms with van der Waals surface area (Å²) >= 11 is 0. The third-order valence-electron chi connectivity index (χ3n) is 2.03. The van der Waals surface area contributed by atoms with E-state index in [1.54, 1.807) is 20.1 Å². The Hall–Kier alpha value is -1.22. The molecular formula is C12H18O3. The van der Waals surface area contributed by atoms with Crippen molar-refractivity contribution < 1.29 is 14.6 Å². The molecule has 0 saturated heterocycles. The van der Waals surface area contributed by atoms with Crippen molar-refractivity contribution in [1.29, 1.82) is 0 Å². The van der Waals surface area contributed by atoms with Crippen LogP contribution in [0.3, 0.4) is 0 Å². The van der Waals surface area contributed by atoms with Gasteiger partial charge >= 0.3 is 0 Å². The Kier molecular flexibility index (Phi) is 3.97. The second kappa shape index (κ2) is 5.03. The molecule has 0 fully saturated rings. The van der Waals surface area contributed by atoms with E-state index >= 15 is 0 Å². The molecule has 0 amide bonds. The Morgan fingerprint density at radius 3 is 2.27 bits per heavy atom. The normalized spacial score (nSPS) is 12.7. The summed E-state index contributed by atoms with van der Waals surface area (Å²) in [6, 6.07) is 5.45. The van der Waals surface area contributed by atoms with E-state index in [0.29, 0.717) is 11.5 Å². The maximum absolute atomic E-state index is 9.42. The van der Waals surface area contributed by atoms with E-state index in [9.17, 15) is 5.11 Å². The van der Waals surface area contributed by atoms with Crippen molar-refractivity contribution in [3.8, 4) is 11.5 Å². The Balaban J connectivity index is 2.98. The average molecular weight is 210 g/mol. The first-order chi connectivity index (χ1) is 7.04. The minimum Gasteiger partial charge on any atom is -0.493 e. The summed E-state index contributed by atoms with van der Waals surface area (Å²) in [6.45, 7) is 5.64. The lowest BCUT2D eigenvalue weighted by Gasteiger charge is -2.15. The van der Waals surface area contributed by atoms with Crippen LogP contribution in [0.15, 0.2) is 18.2 Å². The van der Waals surface area contributed by atoms with Crippen molar-refractivity contribution in [2.75, 3.05) is 7.11 Å². The molecule has 0 saturated carbocycles. The molecule has 1 N–H and O–H groups in total. The first kappa shape index (κ1) is 11.9. The van der Waals surface area contributed by atoms with Crippen molar-refractivity contribution in [1.82, 2.24) is 0 Å². The molecule has 3 nitrogen and oxygen atoms in total. The van der Waals surface area contributed by atoms with E-state index in [1.165, 1.54) is 0 Å². The topological polar surface area (TPSA) is 38.7 Å². The van der Waals surface area contributed by atoms with Crippen molar-refractivity contribution >= 4 is 0 Å².